The zero-order valence-electron chi connectivity index (χ0n) is 22.0. The number of aromatic nitrogens is 4. The second-order valence-electron chi connectivity index (χ2n) is 9.58. The molecular weight excluding hydrogens is 502 g/mol. The summed E-state index contributed by atoms with van der Waals surface area (Å²) in [5, 5.41) is 11.2. The number of nitrogens with zero attached hydrogens (tertiary/aromatic N) is 5. The summed E-state index contributed by atoms with van der Waals surface area (Å²) in [6.45, 7) is 2.00. The van der Waals surface area contributed by atoms with Crippen molar-refractivity contribution in [2.75, 3.05) is 7.11 Å². The molecule has 0 N–H and O–H groups in total. The summed E-state index contributed by atoms with van der Waals surface area (Å²) in [7, 11) is 1.64. The number of benzene rings is 4. The van der Waals surface area contributed by atoms with Gasteiger partial charge in [-0.2, -0.15) is 0 Å². The third-order valence-corrected chi connectivity index (χ3v) is 7.18. The van der Waals surface area contributed by atoms with Crippen LogP contribution < -0.4 is 9.47 Å². The van der Waals surface area contributed by atoms with Gasteiger partial charge in [-0.3, -0.25) is 0 Å². The van der Waals surface area contributed by atoms with E-state index in [1.165, 1.54) is 0 Å². The molecule has 0 radical (unpaired) electrons. The Balaban J connectivity index is 1.28. The molecule has 2 aromatic heterocycles. The zero-order chi connectivity index (χ0) is 27.1. The lowest BCUT2D eigenvalue weighted by molar-refractivity contribution is 0.125. The quantitative estimate of drug-likeness (QED) is 0.181. The van der Waals surface area contributed by atoms with Crippen molar-refractivity contribution >= 4 is 22.1 Å². The maximum absolute atomic E-state index is 6.38. The van der Waals surface area contributed by atoms with Crippen LogP contribution in [0.15, 0.2) is 102 Å². The van der Waals surface area contributed by atoms with E-state index in [-0.39, 0.29) is 12.5 Å². The van der Waals surface area contributed by atoms with E-state index in [4.69, 9.17) is 19.3 Å². The third kappa shape index (κ3) is 4.10. The van der Waals surface area contributed by atoms with Gasteiger partial charge in [-0.15, -0.1) is 5.10 Å². The third-order valence-electron chi connectivity index (χ3n) is 7.18. The van der Waals surface area contributed by atoms with Crippen LogP contribution in [0, 0.1) is 0 Å². The predicted molar refractivity (Wildman–Crippen MR) is 152 cm³/mol. The topological polar surface area (TPSA) is 83.1 Å². The first-order valence-corrected chi connectivity index (χ1v) is 13.0. The molecule has 0 bridgehead atoms. The van der Waals surface area contributed by atoms with Gasteiger partial charge in [-0.1, -0.05) is 65.8 Å². The number of oxime groups is 1. The van der Waals surface area contributed by atoms with Crippen molar-refractivity contribution in [1.29, 1.82) is 0 Å². The highest BCUT2D eigenvalue weighted by Crippen LogP contribution is 2.50. The highest BCUT2D eigenvalue weighted by Gasteiger charge is 2.34. The molecule has 1 aliphatic rings. The van der Waals surface area contributed by atoms with E-state index in [1.807, 2.05) is 49.4 Å². The van der Waals surface area contributed by atoms with E-state index in [1.54, 1.807) is 18.0 Å². The normalized spacial score (nSPS) is 14.4. The number of methoxy groups -OCH3 is 1. The van der Waals surface area contributed by atoms with Gasteiger partial charge >= 0.3 is 0 Å². The number of fused-ring (bicyclic) bond motifs is 6. The van der Waals surface area contributed by atoms with Crippen LogP contribution in [-0.2, 0) is 11.4 Å². The first kappa shape index (κ1) is 23.8. The number of rotatable bonds is 6. The van der Waals surface area contributed by atoms with Gasteiger partial charge < -0.3 is 14.3 Å². The molecule has 0 saturated heterocycles. The Morgan fingerprint density at radius 2 is 1.73 bits per heavy atom. The molecule has 196 valence electrons. The SMILES string of the molecule is COc1ccc(/C(C)=N/OCc2nc3c4c(ncn3n2)Oc2ccc3ccccc3c2[C@@H]4c2ccccc2)cc1. The van der Waals surface area contributed by atoms with Gasteiger partial charge in [0, 0.05) is 11.5 Å². The van der Waals surface area contributed by atoms with Crippen molar-refractivity contribution in [3.8, 4) is 17.4 Å². The molecule has 40 heavy (non-hydrogen) atoms. The Labute approximate surface area is 230 Å². The molecule has 6 aromatic rings. The molecule has 8 nitrogen and oxygen atoms in total. The molecule has 0 saturated carbocycles. The van der Waals surface area contributed by atoms with E-state index in [0.29, 0.717) is 17.4 Å². The summed E-state index contributed by atoms with van der Waals surface area (Å²) >= 11 is 0. The summed E-state index contributed by atoms with van der Waals surface area (Å²) in [6.07, 6.45) is 1.63. The second kappa shape index (κ2) is 9.81. The molecule has 0 fully saturated rings. The van der Waals surface area contributed by atoms with Gasteiger partial charge in [0.05, 0.1) is 18.4 Å². The molecule has 1 atom stereocenters. The van der Waals surface area contributed by atoms with Crippen LogP contribution in [0.5, 0.6) is 17.4 Å². The van der Waals surface area contributed by atoms with Crippen LogP contribution in [0.25, 0.3) is 16.4 Å². The van der Waals surface area contributed by atoms with E-state index in [9.17, 15) is 0 Å². The van der Waals surface area contributed by atoms with E-state index in [0.717, 1.165) is 50.2 Å². The van der Waals surface area contributed by atoms with Gasteiger partial charge in [0.1, 0.15) is 17.8 Å². The summed E-state index contributed by atoms with van der Waals surface area (Å²) in [5.41, 5.74) is 5.44. The van der Waals surface area contributed by atoms with Crippen LogP contribution in [0.4, 0.5) is 0 Å². The first-order chi connectivity index (χ1) is 19.7. The standard InChI is InChI=1S/C32H25N5O3/c1-20(21-12-15-24(38-2)16-13-21)36-39-18-27-34-31-30-28(23-9-4-3-5-10-23)29-25-11-7-6-8-22(25)14-17-26(29)40-32(30)33-19-37(31)35-27/h3-17,19,28H,18H2,1-2H3/b36-20+/t28-/m0/s1. The maximum Gasteiger partial charge on any atom is 0.228 e. The molecule has 1 aliphatic heterocycles. The fourth-order valence-electron chi connectivity index (χ4n) is 5.26. The van der Waals surface area contributed by atoms with Gasteiger partial charge in [0.2, 0.25) is 5.88 Å². The fourth-order valence-corrected chi connectivity index (χ4v) is 5.26. The Morgan fingerprint density at radius 1 is 0.925 bits per heavy atom. The highest BCUT2D eigenvalue weighted by atomic mass is 16.6. The van der Waals surface area contributed by atoms with E-state index < -0.39 is 0 Å². The second-order valence-corrected chi connectivity index (χ2v) is 9.58. The molecular formula is C32H25N5O3. The Morgan fingerprint density at radius 3 is 2.55 bits per heavy atom. The summed E-state index contributed by atoms with van der Waals surface area (Å²) in [4.78, 5) is 15.2. The van der Waals surface area contributed by atoms with Crippen LogP contribution in [0.2, 0.25) is 0 Å². The van der Waals surface area contributed by atoms with Crippen molar-refractivity contribution in [1.82, 2.24) is 19.6 Å². The molecule has 0 aliphatic carbocycles. The average Bonchev–Trinajstić information content (AvgIpc) is 3.43. The number of hydrogen-bond donors (Lipinski definition) is 0. The molecule has 4 aromatic carbocycles. The molecule has 0 spiro atoms. The smallest absolute Gasteiger partial charge is 0.228 e. The van der Waals surface area contributed by atoms with Crippen LogP contribution in [-0.4, -0.2) is 32.4 Å². The van der Waals surface area contributed by atoms with E-state index >= 15 is 0 Å². The largest absolute Gasteiger partial charge is 0.497 e. The monoisotopic (exact) mass is 527 g/mol. The Kier molecular flexibility index (Phi) is 5.85. The number of ether oxygens (including phenoxy) is 2. The molecule has 0 unspecified atom stereocenters. The van der Waals surface area contributed by atoms with Crippen molar-refractivity contribution in [2.45, 2.75) is 19.4 Å². The molecule has 3 heterocycles. The lowest BCUT2D eigenvalue weighted by atomic mass is 9.81. The van der Waals surface area contributed by atoms with Crippen molar-refractivity contribution in [2.24, 2.45) is 5.16 Å². The minimum absolute atomic E-state index is 0.111. The summed E-state index contributed by atoms with van der Waals surface area (Å²) in [6, 6.07) is 30.5. The van der Waals surface area contributed by atoms with Crippen LogP contribution in [0.3, 0.4) is 0 Å². The highest BCUT2D eigenvalue weighted by molar-refractivity contribution is 5.98. The molecule has 7 rings (SSSR count). The summed E-state index contributed by atoms with van der Waals surface area (Å²) < 4.78 is 13.3. The average molecular weight is 528 g/mol. The van der Waals surface area contributed by atoms with Gasteiger partial charge in [0.25, 0.3) is 0 Å². The van der Waals surface area contributed by atoms with Crippen molar-refractivity contribution in [3.63, 3.8) is 0 Å². The minimum Gasteiger partial charge on any atom is -0.497 e. The Bertz CT molecular complexity index is 1880. The minimum atomic E-state index is -0.143. The van der Waals surface area contributed by atoms with E-state index in [2.05, 4.69) is 63.8 Å². The number of hydrogen-bond acceptors (Lipinski definition) is 7. The lowest BCUT2D eigenvalue weighted by Crippen LogP contribution is -2.15. The predicted octanol–water partition coefficient (Wildman–Crippen LogP) is 6.51. The molecule has 0 amide bonds. The Hall–Kier alpha value is -5.24. The van der Waals surface area contributed by atoms with Crippen LogP contribution in [0.1, 0.15) is 40.9 Å². The molecule has 8 heteroatoms. The lowest BCUT2D eigenvalue weighted by Gasteiger charge is -2.29. The van der Waals surface area contributed by atoms with Gasteiger partial charge in [-0.05, 0) is 59.2 Å². The van der Waals surface area contributed by atoms with Gasteiger partial charge in [0.15, 0.2) is 18.1 Å². The zero-order valence-corrected chi connectivity index (χ0v) is 22.0. The fraction of sp³-hybridized carbons (Fsp3) is 0.125. The summed E-state index contributed by atoms with van der Waals surface area (Å²) in [5.74, 6) is 2.46. The maximum atomic E-state index is 6.38. The van der Waals surface area contributed by atoms with Crippen LogP contribution >= 0.6 is 0 Å². The van der Waals surface area contributed by atoms with Crippen molar-refractivity contribution in [3.05, 3.63) is 125 Å². The van der Waals surface area contributed by atoms with Gasteiger partial charge in [-0.25, -0.2) is 14.5 Å². The first-order valence-electron chi connectivity index (χ1n) is 13.0. The van der Waals surface area contributed by atoms with Crippen molar-refractivity contribution < 1.29 is 14.3 Å².